The van der Waals surface area contributed by atoms with Crippen molar-refractivity contribution in [3.8, 4) is 0 Å². The number of anilines is 1. The van der Waals surface area contributed by atoms with Crippen LogP contribution in [0.5, 0.6) is 0 Å². The maximum Gasteiger partial charge on any atom is 0.185 e. The molecule has 1 aliphatic heterocycles. The zero-order valence-electron chi connectivity index (χ0n) is 12.7. The third-order valence-electron chi connectivity index (χ3n) is 3.50. The molecule has 0 radical (unpaired) electrons. The molecule has 5 heteroatoms. The summed E-state index contributed by atoms with van der Waals surface area (Å²) in [4.78, 5) is 10.6. The van der Waals surface area contributed by atoms with E-state index in [1.165, 1.54) is 16.4 Å². The molecule has 1 aromatic rings. The van der Waals surface area contributed by atoms with Crippen molar-refractivity contribution >= 4 is 16.5 Å². The predicted octanol–water partition coefficient (Wildman–Crippen LogP) is 2.17. The number of nitrogens with zero attached hydrogens (tertiary/aromatic N) is 3. The molecule has 1 atom stereocenters. The summed E-state index contributed by atoms with van der Waals surface area (Å²) in [6.45, 7) is 9.71. The second-order valence-electron chi connectivity index (χ2n) is 6.56. The number of nitrogens with one attached hydrogen (secondary N) is 1. The van der Waals surface area contributed by atoms with E-state index in [0.717, 1.165) is 19.6 Å². The van der Waals surface area contributed by atoms with Gasteiger partial charge in [0.15, 0.2) is 5.13 Å². The quantitative estimate of drug-likeness (QED) is 0.917. The number of likely N-dealkylation sites (N-methyl/N-ethyl adjacent to an activating group) is 1. The number of thiazole rings is 1. The highest BCUT2D eigenvalue weighted by Crippen LogP contribution is 2.27. The van der Waals surface area contributed by atoms with Crippen LogP contribution < -0.4 is 10.2 Å². The molecule has 0 aliphatic carbocycles. The number of hydrogen-bond donors (Lipinski definition) is 1. The Balaban J connectivity index is 1.91. The minimum Gasteiger partial charge on any atom is -0.346 e. The first-order valence-corrected chi connectivity index (χ1v) is 7.78. The fourth-order valence-electron chi connectivity index (χ4n) is 2.21. The molecule has 0 spiro atoms. The van der Waals surface area contributed by atoms with Gasteiger partial charge in [-0.05, 0) is 41.3 Å². The van der Waals surface area contributed by atoms with Crippen molar-refractivity contribution in [1.29, 1.82) is 0 Å². The molecular weight excluding hydrogens is 256 g/mol. The van der Waals surface area contributed by atoms with Gasteiger partial charge in [-0.2, -0.15) is 0 Å². The first-order chi connectivity index (χ1) is 8.85. The topological polar surface area (TPSA) is 31.4 Å². The van der Waals surface area contributed by atoms with Gasteiger partial charge in [0.25, 0.3) is 0 Å². The molecule has 0 saturated carbocycles. The lowest BCUT2D eigenvalue weighted by molar-refractivity contribution is 0.315. The largest absolute Gasteiger partial charge is 0.346 e. The SMILES string of the molecule is CN(C)C1CCN(c2ncc(CNC(C)(C)C)s2)C1. The maximum atomic E-state index is 4.58. The van der Waals surface area contributed by atoms with Gasteiger partial charge in [0.05, 0.1) is 0 Å². The normalized spacial score (nSPS) is 20.5. The standard InChI is InChI=1S/C14H26N4S/c1-14(2,3)16-9-12-8-15-13(19-12)18-7-6-11(10-18)17(4)5/h8,11,16H,6-7,9-10H2,1-5H3. The fourth-order valence-corrected chi connectivity index (χ4v) is 3.10. The van der Waals surface area contributed by atoms with Gasteiger partial charge in [-0.3, -0.25) is 0 Å². The van der Waals surface area contributed by atoms with Gasteiger partial charge in [-0.1, -0.05) is 0 Å². The van der Waals surface area contributed by atoms with Crippen LogP contribution in [0.1, 0.15) is 32.1 Å². The Morgan fingerprint density at radius 2 is 2.21 bits per heavy atom. The van der Waals surface area contributed by atoms with E-state index in [0.29, 0.717) is 6.04 Å². The molecule has 0 aromatic carbocycles. The summed E-state index contributed by atoms with van der Waals surface area (Å²) in [6, 6.07) is 0.667. The Kier molecular flexibility index (Phi) is 4.48. The molecule has 2 heterocycles. The second kappa shape index (κ2) is 5.77. The van der Waals surface area contributed by atoms with Gasteiger partial charge < -0.3 is 15.1 Å². The summed E-state index contributed by atoms with van der Waals surface area (Å²) >= 11 is 1.82. The summed E-state index contributed by atoms with van der Waals surface area (Å²) in [5.41, 5.74) is 0.161. The summed E-state index contributed by atoms with van der Waals surface area (Å²) in [6.07, 6.45) is 3.25. The van der Waals surface area contributed by atoms with E-state index >= 15 is 0 Å². The lowest BCUT2D eigenvalue weighted by Gasteiger charge is -2.20. The molecule has 1 N–H and O–H groups in total. The van der Waals surface area contributed by atoms with E-state index in [1.807, 2.05) is 17.5 Å². The van der Waals surface area contributed by atoms with Crippen molar-refractivity contribution < 1.29 is 0 Å². The summed E-state index contributed by atoms with van der Waals surface area (Å²) in [7, 11) is 4.32. The highest BCUT2D eigenvalue weighted by atomic mass is 32.1. The first-order valence-electron chi connectivity index (χ1n) is 6.96. The Hall–Kier alpha value is -0.650. The predicted molar refractivity (Wildman–Crippen MR) is 83.0 cm³/mol. The Bertz CT molecular complexity index is 408. The smallest absolute Gasteiger partial charge is 0.185 e. The van der Waals surface area contributed by atoms with E-state index < -0.39 is 0 Å². The lowest BCUT2D eigenvalue weighted by atomic mass is 10.1. The van der Waals surface area contributed by atoms with Crippen LogP contribution in [0.3, 0.4) is 0 Å². The zero-order valence-corrected chi connectivity index (χ0v) is 13.5. The van der Waals surface area contributed by atoms with Crippen LogP contribution in [0.4, 0.5) is 5.13 Å². The molecule has 108 valence electrons. The van der Waals surface area contributed by atoms with E-state index in [4.69, 9.17) is 0 Å². The molecule has 19 heavy (non-hydrogen) atoms. The number of rotatable bonds is 4. The monoisotopic (exact) mass is 282 g/mol. The van der Waals surface area contributed by atoms with Crippen LogP contribution in [-0.2, 0) is 6.54 Å². The Labute approximate surface area is 120 Å². The molecule has 4 nitrogen and oxygen atoms in total. The van der Waals surface area contributed by atoms with Crippen LogP contribution in [-0.4, -0.2) is 48.6 Å². The minimum atomic E-state index is 0.161. The lowest BCUT2D eigenvalue weighted by Crippen LogP contribution is -2.34. The van der Waals surface area contributed by atoms with Gasteiger partial charge in [0, 0.05) is 42.3 Å². The molecule has 0 bridgehead atoms. The average molecular weight is 282 g/mol. The van der Waals surface area contributed by atoms with Crippen molar-refractivity contribution in [2.24, 2.45) is 0 Å². The third-order valence-corrected chi connectivity index (χ3v) is 4.56. The molecule has 1 aliphatic rings. The second-order valence-corrected chi connectivity index (χ2v) is 7.66. The molecule has 1 saturated heterocycles. The molecule has 1 unspecified atom stereocenters. The van der Waals surface area contributed by atoms with Crippen molar-refractivity contribution in [2.75, 3.05) is 32.1 Å². The number of aromatic nitrogens is 1. The summed E-state index contributed by atoms with van der Waals surface area (Å²) in [5.74, 6) is 0. The van der Waals surface area contributed by atoms with Crippen molar-refractivity contribution in [3.05, 3.63) is 11.1 Å². The molecule has 1 fully saturated rings. The Morgan fingerprint density at radius 1 is 1.47 bits per heavy atom. The van der Waals surface area contributed by atoms with Crippen LogP contribution in [0.25, 0.3) is 0 Å². The van der Waals surface area contributed by atoms with Gasteiger partial charge in [0.2, 0.25) is 0 Å². The first kappa shape index (κ1) is 14.8. The highest BCUT2D eigenvalue weighted by Gasteiger charge is 2.25. The van der Waals surface area contributed by atoms with Crippen molar-refractivity contribution in [1.82, 2.24) is 15.2 Å². The average Bonchev–Trinajstić information content (AvgIpc) is 2.94. The van der Waals surface area contributed by atoms with Crippen LogP contribution in [0, 0.1) is 0 Å². The van der Waals surface area contributed by atoms with Gasteiger partial charge in [0.1, 0.15) is 0 Å². The molecular formula is C14H26N4S. The minimum absolute atomic E-state index is 0.161. The number of hydrogen-bond acceptors (Lipinski definition) is 5. The van der Waals surface area contributed by atoms with Gasteiger partial charge in [-0.25, -0.2) is 4.98 Å². The molecule has 0 amide bonds. The Morgan fingerprint density at radius 3 is 2.79 bits per heavy atom. The maximum absolute atomic E-state index is 4.58. The van der Waals surface area contributed by atoms with Gasteiger partial charge in [-0.15, -0.1) is 11.3 Å². The van der Waals surface area contributed by atoms with E-state index in [1.54, 1.807) is 0 Å². The van der Waals surface area contributed by atoms with E-state index in [9.17, 15) is 0 Å². The van der Waals surface area contributed by atoms with Crippen molar-refractivity contribution in [2.45, 2.75) is 45.3 Å². The van der Waals surface area contributed by atoms with Gasteiger partial charge >= 0.3 is 0 Å². The highest BCUT2D eigenvalue weighted by molar-refractivity contribution is 7.15. The summed E-state index contributed by atoms with van der Waals surface area (Å²) < 4.78 is 0. The zero-order chi connectivity index (χ0) is 14.0. The molecule has 2 rings (SSSR count). The van der Waals surface area contributed by atoms with E-state index in [-0.39, 0.29) is 5.54 Å². The van der Waals surface area contributed by atoms with Crippen LogP contribution in [0.15, 0.2) is 6.20 Å². The van der Waals surface area contributed by atoms with E-state index in [2.05, 4.69) is 55.0 Å². The van der Waals surface area contributed by atoms with Crippen LogP contribution >= 0.6 is 11.3 Å². The molecule has 1 aromatic heterocycles. The third kappa shape index (κ3) is 4.16. The summed E-state index contributed by atoms with van der Waals surface area (Å²) in [5, 5.41) is 4.69. The van der Waals surface area contributed by atoms with Crippen LogP contribution in [0.2, 0.25) is 0 Å². The van der Waals surface area contributed by atoms with Crippen molar-refractivity contribution in [3.63, 3.8) is 0 Å². The fraction of sp³-hybridized carbons (Fsp3) is 0.786.